The van der Waals surface area contributed by atoms with Gasteiger partial charge in [-0.15, -0.1) is 0 Å². The maximum atomic E-state index is 12.9. The molecule has 0 bridgehead atoms. The Bertz CT molecular complexity index is 399. The SMILES string of the molecule is CC(C)(C)C(=O)OCCC(F)C(F)(F)S(=O)(=O)[O-]. The first kappa shape index (κ1) is 17.2. The van der Waals surface area contributed by atoms with Crippen LogP contribution in [0.3, 0.4) is 0 Å². The number of rotatable bonds is 5. The van der Waals surface area contributed by atoms with Crippen LogP contribution in [0.25, 0.3) is 0 Å². The predicted octanol–water partition coefficient (Wildman–Crippen LogP) is 1.44. The lowest BCUT2D eigenvalue weighted by Crippen LogP contribution is -2.39. The summed E-state index contributed by atoms with van der Waals surface area (Å²) >= 11 is 0. The molecule has 0 saturated heterocycles. The monoisotopic (exact) mass is 291 g/mol. The number of halogens is 3. The van der Waals surface area contributed by atoms with Gasteiger partial charge < -0.3 is 9.29 Å². The maximum absolute atomic E-state index is 12.9. The number of ether oxygens (including phenoxy) is 1. The van der Waals surface area contributed by atoms with Gasteiger partial charge >= 0.3 is 11.2 Å². The minimum atomic E-state index is -6.08. The molecule has 9 heteroatoms. The fourth-order valence-electron chi connectivity index (χ4n) is 0.796. The van der Waals surface area contributed by atoms with E-state index in [4.69, 9.17) is 0 Å². The Hall–Kier alpha value is -0.830. The molecular weight excluding hydrogens is 277 g/mol. The van der Waals surface area contributed by atoms with Gasteiger partial charge in [-0.25, -0.2) is 12.8 Å². The van der Waals surface area contributed by atoms with E-state index in [0.717, 1.165) is 0 Å². The topological polar surface area (TPSA) is 83.5 Å². The van der Waals surface area contributed by atoms with Crippen LogP contribution in [0.2, 0.25) is 0 Å². The van der Waals surface area contributed by atoms with Gasteiger partial charge in [0.15, 0.2) is 16.3 Å². The molecule has 0 aromatic carbocycles. The summed E-state index contributed by atoms with van der Waals surface area (Å²) in [6.45, 7) is 3.76. The molecule has 18 heavy (non-hydrogen) atoms. The van der Waals surface area contributed by atoms with Crippen LogP contribution in [-0.2, 0) is 19.6 Å². The molecule has 0 aliphatic heterocycles. The van der Waals surface area contributed by atoms with Crippen LogP contribution in [0.1, 0.15) is 27.2 Å². The van der Waals surface area contributed by atoms with Crippen molar-refractivity contribution in [1.82, 2.24) is 0 Å². The minimum absolute atomic E-state index is 0.734. The van der Waals surface area contributed by atoms with Crippen molar-refractivity contribution in [2.45, 2.75) is 38.6 Å². The Balaban J connectivity index is 4.38. The molecule has 0 heterocycles. The van der Waals surface area contributed by atoms with Crippen molar-refractivity contribution in [2.75, 3.05) is 6.61 Å². The lowest BCUT2D eigenvalue weighted by Gasteiger charge is -2.23. The van der Waals surface area contributed by atoms with Crippen molar-refractivity contribution in [3.05, 3.63) is 0 Å². The van der Waals surface area contributed by atoms with Crippen LogP contribution in [-0.4, -0.2) is 37.0 Å². The van der Waals surface area contributed by atoms with Crippen molar-refractivity contribution in [1.29, 1.82) is 0 Å². The summed E-state index contributed by atoms with van der Waals surface area (Å²) in [5.74, 6) is -0.747. The number of carbonyl (C=O) groups excluding carboxylic acids is 1. The van der Waals surface area contributed by atoms with Gasteiger partial charge in [-0.3, -0.25) is 4.79 Å². The number of hydrogen-bond acceptors (Lipinski definition) is 5. The van der Waals surface area contributed by atoms with Crippen LogP contribution >= 0.6 is 0 Å². The smallest absolute Gasteiger partial charge is 0.364 e. The molecule has 0 rings (SSSR count). The van der Waals surface area contributed by atoms with Crippen molar-refractivity contribution >= 4 is 16.1 Å². The van der Waals surface area contributed by atoms with E-state index < -0.39 is 46.0 Å². The van der Waals surface area contributed by atoms with E-state index in [2.05, 4.69) is 4.74 Å². The largest absolute Gasteiger partial charge is 0.743 e. The summed E-state index contributed by atoms with van der Waals surface area (Å²) < 4.78 is 73.0. The quantitative estimate of drug-likeness (QED) is 0.565. The zero-order valence-corrected chi connectivity index (χ0v) is 10.9. The highest BCUT2D eigenvalue weighted by atomic mass is 32.2. The summed E-state index contributed by atoms with van der Waals surface area (Å²) in [6, 6.07) is 0. The Kier molecular flexibility index (Phi) is 5.18. The van der Waals surface area contributed by atoms with Gasteiger partial charge in [0, 0.05) is 6.42 Å². The lowest BCUT2D eigenvalue weighted by atomic mass is 9.97. The second-order valence-corrected chi connectivity index (χ2v) is 6.11. The Morgan fingerprint density at radius 3 is 2.11 bits per heavy atom. The molecule has 0 fully saturated rings. The highest BCUT2D eigenvalue weighted by Gasteiger charge is 2.47. The molecule has 0 saturated carbocycles. The number of alkyl halides is 3. The van der Waals surface area contributed by atoms with E-state index in [-0.39, 0.29) is 0 Å². The van der Waals surface area contributed by atoms with E-state index in [1.54, 1.807) is 0 Å². The average molecular weight is 291 g/mol. The number of carbonyl (C=O) groups is 1. The first-order chi connectivity index (χ1) is 7.80. The van der Waals surface area contributed by atoms with Crippen molar-refractivity contribution in [3.63, 3.8) is 0 Å². The summed E-state index contributed by atoms with van der Waals surface area (Å²) in [6.07, 6.45) is -4.29. The molecule has 0 aliphatic carbocycles. The van der Waals surface area contributed by atoms with Gasteiger partial charge in [-0.05, 0) is 20.8 Å². The van der Waals surface area contributed by atoms with Crippen LogP contribution < -0.4 is 0 Å². The van der Waals surface area contributed by atoms with Gasteiger partial charge in [-0.2, -0.15) is 8.78 Å². The van der Waals surface area contributed by atoms with E-state index in [0.29, 0.717) is 0 Å². The van der Waals surface area contributed by atoms with E-state index in [1.165, 1.54) is 20.8 Å². The molecule has 1 unspecified atom stereocenters. The van der Waals surface area contributed by atoms with E-state index in [9.17, 15) is 30.9 Å². The fraction of sp³-hybridized carbons (Fsp3) is 0.889. The van der Waals surface area contributed by atoms with Gasteiger partial charge in [0.2, 0.25) is 0 Å². The standard InChI is InChI=1S/C9H15F3O5S/c1-8(2,3)7(13)17-5-4-6(10)9(11,12)18(14,15)16/h6H,4-5H2,1-3H3,(H,14,15,16)/p-1. The second kappa shape index (κ2) is 5.43. The third kappa shape index (κ3) is 4.45. The molecule has 0 aromatic heterocycles. The fourth-order valence-corrected chi connectivity index (χ4v) is 1.23. The maximum Gasteiger partial charge on any atom is 0.364 e. The van der Waals surface area contributed by atoms with Gasteiger partial charge in [0.1, 0.15) is 0 Å². The second-order valence-electron chi connectivity index (χ2n) is 4.66. The number of hydrogen-bond donors (Lipinski definition) is 0. The van der Waals surface area contributed by atoms with Crippen molar-refractivity contribution in [3.8, 4) is 0 Å². The zero-order chi connectivity index (χ0) is 14.8. The lowest BCUT2D eigenvalue weighted by molar-refractivity contribution is -0.154. The molecule has 1 atom stereocenters. The van der Waals surface area contributed by atoms with Crippen LogP contribution in [0.4, 0.5) is 13.2 Å². The third-order valence-corrected chi connectivity index (χ3v) is 2.84. The van der Waals surface area contributed by atoms with Crippen LogP contribution in [0.5, 0.6) is 0 Å². The molecule has 0 N–H and O–H groups in total. The first-order valence-electron chi connectivity index (χ1n) is 4.94. The van der Waals surface area contributed by atoms with Gasteiger partial charge in [0.25, 0.3) is 0 Å². The van der Waals surface area contributed by atoms with Crippen molar-refractivity contribution in [2.24, 2.45) is 5.41 Å². The van der Waals surface area contributed by atoms with Crippen LogP contribution in [0.15, 0.2) is 0 Å². The average Bonchev–Trinajstić information content (AvgIpc) is 2.13. The predicted molar refractivity (Wildman–Crippen MR) is 54.6 cm³/mol. The molecular formula is C9H14F3O5S-. The molecule has 0 spiro atoms. The Morgan fingerprint density at radius 2 is 1.78 bits per heavy atom. The third-order valence-electron chi connectivity index (χ3n) is 1.91. The summed E-state index contributed by atoms with van der Waals surface area (Å²) in [4.78, 5) is 11.2. The normalized spacial score (nSPS) is 15.3. The van der Waals surface area contributed by atoms with E-state index in [1.807, 2.05) is 0 Å². The van der Waals surface area contributed by atoms with Gasteiger partial charge in [0.05, 0.1) is 12.0 Å². The molecule has 0 amide bonds. The molecule has 0 radical (unpaired) electrons. The molecule has 108 valence electrons. The highest BCUT2D eigenvalue weighted by Crippen LogP contribution is 2.29. The minimum Gasteiger partial charge on any atom is -0.743 e. The van der Waals surface area contributed by atoms with Crippen molar-refractivity contribution < 1.29 is 35.7 Å². The Morgan fingerprint density at radius 1 is 1.33 bits per heavy atom. The van der Waals surface area contributed by atoms with E-state index >= 15 is 0 Å². The molecule has 0 aromatic rings. The zero-order valence-electron chi connectivity index (χ0n) is 10.1. The highest BCUT2D eigenvalue weighted by molar-refractivity contribution is 7.86. The summed E-state index contributed by atoms with van der Waals surface area (Å²) in [7, 11) is -6.08. The summed E-state index contributed by atoms with van der Waals surface area (Å²) in [5, 5.41) is -5.03. The first-order valence-corrected chi connectivity index (χ1v) is 6.35. The Labute approximate surface area is 103 Å². The van der Waals surface area contributed by atoms with Gasteiger partial charge in [-0.1, -0.05) is 0 Å². The van der Waals surface area contributed by atoms with Crippen LogP contribution in [0, 0.1) is 5.41 Å². The number of esters is 1. The molecule has 5 nitrogen and oxygen atoms in total. The molecule has 0 aliphatic rings. The summed E-state index contributed by atoms with van der Waals surface area (Å²) in [5.41, 5.74) is -0.890.